The molecule has 17 heavy (non-hydrogen) atoms. The summed E-state index contributed by atoms with van der Waals surface area (Å²) in [6, 6.07) is 5.64. The van der Waals surface area contributed by atoms with E-state index in [0.717, 1.165) is 42.3 Å². The van der Waals surface area contributed by atoms with Crippen molar-refractivity contribution < 1.29 is 4.39 Å². The van der Waals surface area contributed by atoms with Gasteiger partial charge in [0.15, 0.2) is 0 Å². The summed E-state index contributed by atoms with van der Waals surface area (Å²) in [6.45, 7) is 5.37. The smallest absolute Gasteiger partial charge is 0.126 e. The fourth-order valence-electron chi connectivity index (χ4n) is 1.86. The van der Waals surface area contributed by atoms with E-state index in [9.17, 15) is 4.39 Å². The third kappa shape index (κ3) is 5.17. The molecule has 0 fully saturated rings. The highest BCUT2D eigenvalue weighted by molar-refractivity contribution is 9.10. The van der Waals surface area contributed by atoms with Gasteiger partial charge in [0.05, 0.1) is 0 Å². The maximum Gasteiger partial charge on any atom is 0.126 e. The first kappa shape index (κ1) is 14.7. The van der Waals surface area contributed by atoms with Crippen molar-refractivity contribution >= 4 is 15.9 Å². The Kier molecular flexibility index (Phi) is 6.75. The molecular weight excluding hydrogens is 281 g/mol. The summed E-state index contributed by atoms with van der Waals surface area (Å²) in [5.41, 5.74) is 0.802. The zero-order chi connectivity index (χ0) is 12.7. The molecule has 1 atom stereocenters. The molecule has 0 aromatic heterocycles. The summed E-state index contributed by atoms with van der Waals surface area (Å²) in [4.78, 5) is 0. The van der Waals surface area contributed by atoms with Crippen molar-refractivity contribution in [2.24, 2.45) is 0 Å². The fraction of sp³-hybridized carbons (Fsp3) is 0.571. The fourth-order valence-corrected chi connectivity index (χ4v) is 2.27. The first-order valence-electron chi connectivity index (χ1n) is 6.34. The lowest BCUT2D eigenvalue weighted by molar-refractivity contribution is 0.464. The molecule has 0 radical (unpaired) electrons. The van der Waals surface area contributed by atoms with Crippen LogP contribution in [0.2, 0.25) is 0 Å². The quantitative estimate of drug-likeness (QED) is 0.792. The highest BCUT2D eigenvalue weighted by atomic mass is 79.9. The Morgan fingerprint density at radius 2 is 2.12 bits per heavy atom. The molecule has 1 rings (SSSR count). The summed E-state index contributed by atoms with van der Waals surface area (Å²) in [7, 11) is 0. The number of benzene rings is 1. The lowest BCUT2D eigenvalue weighted by Crippen LogP contribution is -2.29. The Morgan fingerprint density at radius 3 is 2.76 bits per heavy atom. The van der Waals surface area contributed by atoms with E-state index in [1.807, 2.05) is 6.07 Å². The van der Waals surface area contributed by atoms with Crippen LogP contribution in [-0.4, -0.2) is 12.6 Å². The van der Waals surface area contributed by atoms with Crippen LogP contribution in [0, 0.1) is 5.82 Å². The molecule has 1 nitrogen and oxygen atoms in total. The number of nitrogens with one attached hydrogen (secondary N) is 1. The second kappa shape index (κ2) is 7.83. The monoisotopic (exact) mass is 301 g/mol. The third-order valence-corrected chi connectivity index (χ3v) is 3.44. The maximum atomic E-state index is 13.5. The van der Waals surface area contributed by atoms with E-state index in [4.69, 9.17) is 0 Å². The van der Waals surface area contributed by atoms with Gasteiger partial charge in [-0.15, -0.1) is 0 Å². The van der Waals surface area contributed by atoms with Crippen LogP contribution in [0.3, 0.4) is 0 Å². The van der Waals surface area contributed by atoms with E-state index in [0.29, 0.717) is 6.04 Å². The molecule has 0 heterocycles. The Morgan fingerprint density at radius 1 is 1.35 bits per heavy atom. The van der Waals surface area contributed by atoms with Crippen LogP contribution >= 0.6 is 15.9 Å². The van der Waals surface area contributed by atoms with E-state index < -0.39 is 0 Å². The minimum absolute atomic E-state index is 0.0986. The molecule has 0 aliphatic rings. The topological polar surface area (TPSA) is 12.0 Å². The van der Waals surface area contributed by atoms with Gasteiger partial charge in [-0.05, 0) is 56.0 Å². The number of rotatable bonds is 7. The van der Waals surface area contributed by atoms with Gasteiger partial charge < -0.3 is 5.32 Å². The summed E-state index contributed by atoms with van der Waals surface area (Å²) in [5.74, 6) is -0.0986. The lowest BCUT2D eigenvalue weighted by Gasteiger charge is -2.16. The van der Waals surface area contributed by atoms with Gasteiger partial charge in [-0.25, -0.2) is 4.39 Å². The Bertz CT molecular complexity index is 341. The standard InChI is InChI=1S/C14H21BrFN/c1-3-9-17-13(4-2)7-5-11-10-12(15)6-8-14(11)16/h6,8,10,13,17H,3-5,7,9H2,1-2H3. The molecule has 0 aliphatic carbocycles. The second-order valence-corrected chi connectivity index (χ2v) is 5.25. The molecule has 0 saturated heterocycles. The highest BCUT2D eigenvalue weighted by Crippen LogP contribution is 2.17. The van der Waals surface area contributed by atoms with E-state index >= 15 is 0 Å². The molecular formula is C14H21BrFN. The van der Waals surface area contributed by atoms with E-state index in [1.54, 1.807) is 6.07 Å². The summed E-state index contributed by atoms with van der Waals surface area (Å²) >= 11 is 3.38. The van der Waals surface area contributed by atoms with E-state index in [-0.39, 0.29) is 5.82 Å². The summed E-state index contributed by atoms with van der Waals surface area (Å²) in [6.07, 6.45) is 4.02. The van der Waals surface area contributed by atoms with Crippen molar-refractivity contribution in [2.45, 2.75) is 45.6 Å². The van der Waals surface area contributed by atoms with Crippen LogP contribution in [0.15, 0.2) is 22.7 Å². The van der Waals surface area contributed by atoms with Crippen LogP contribution in [0.4, 0.5) is 4.39 Å². The van der Waals surface area contributed by atoms with Crippen molar-refractivity contribution in [1.29, 1.82) is 0 Å². The lowest BCUT2D eigenvalue weighted by atomic mass is 10.0. The Hall–Kier alpha value is -0.410. The SMILES string of the molecule is CCCNC(CC)CCc1cc(Br)ccc1F. The molecule has 0 bridgehead atoms. The Labute approximate surface area is 112 Å². The average Bonchev–Trinajstić information content (AvgIpc) is 2.33. The molecule has 1 aromatic rings. The molecule has 0 spiro atoms. The van der Waals surface area contributed by atoms with Crippen molar-refractivity contribution in [3.05, 3.63) is 34.1 Å². The van der Waals surface area contributed by atoms with E-state index in [1.165, 1.54) is 6.07 Å². The van der Waals surface area contributed by atoms with Crippen molar-refractivity contribution in [2.75, 3.05) is 6.54 Å². The van der Waals surface area contributed by atoms with Gasteiger partial charge in [-0.1, -0.05) is 29.8 Å². The highest BCUT2D eigenvalue weighted by Gasteiger charge is 2.08. The van der Waals surface area contributed by atoms with Crippen LogP contribution in [-0.2, 0) is 6.42 Å². The largest absolute Gasteiger partial charge is 0.314 e. The molecule has 1 unspecified atom stereocenters. The molecule has 1 N–H and O–H groups in total. The van der Waals surface area contributed by atoms with E-state index in [2.05, 4.69) is 35.1 Å². The van der Waals surface area contributed by atoms with Gasteiger partial charge in [0, 0.05) is 10.5 Å². The zero-order valence-corrected chi connectivity index (χ0v) is 12.2. The average molecular weight is 302 g/mol. The number of hydrogen-bond acceptors (Lipinski definition) is 1. The van der Waals surface area contributed by atoms with Crippen molar-refractivity contribution in [1.82, 2.24) is 5.32 Å². The van der Waals surface area contributed by atoms with Crippen LogP contribution in [0.1, 0.15) is 38.7 Å². The minimum Gasteiger partial charge on any atom is -0.314 e. The number of aryl methyl sites for hydroxylation is 1. The molecule has 3 heteroatoms. The molecule has 1 aromatic carbocycles. The minimum atomic E-state index is -0.0986. The van der Waals surface area contributed by atoms with Gasteiger partial charge in [-0.2, -0.15) is 0 Å². The van der Waals surface area contributed by atoms with Crippen molar-refractivity contribution in [3.8, 4) is 0 Å². The normalized spacial score (nSPS) is 12.7. The number of halogens is 2. The van der Waals surface area contributed by atoms with Crippen LogP contribution in [0.25, 0.3) is 0 Å². The maximum absolute atomic E-state index is 13.5. The zero-order valence-electron chi connectivity index (χ0n) is 10.6. The van der Waals surface area contributed by atoms with Crippen LogP contribution in [0.5, 0.6) is 0 Å². The van der Waals surface area contributed by atoms with Gasteiger partial charge in [0.25, 0.3) is 0 Å². The van der Waals surface area contributed by atoms with Gasteiger partial charge in [-0.3, -0.25) is 0 Å². The molecule has 0 saturated carbocycles. The third-order valence-electron chi connectivity index (χ3n) is 2.95. The first-order valence-corrected chi connectivity index (χ1v) is 7.14. The summed E-state index contributed by atoms with van der Waals surface area (Å²) < 4.78 is 14.5. The molecule has 0 amide bonds. The second-order valence-electron chi connectivity index (χ2n) is 4.33. The van der Waals surface area contributed by atoms with Gasteiger partial charge >= 0.3 is 0 Å². The van der Waals surface area contributed by atoms with Gasteiger partial charge in [0.1, 0.15) is 5.82 Å². The van der Waals surface area contributed by atoms with Crippen molar-refractivity contribution in [3.63, 3.8) is 0 Å². The van der Waals surface area contributed by atoms with Crippen LogP contribution < -0.4 is 5.32 Å². The predicted molar refractivity (Wildman–Crippen MR) is 74.8 cm³/mol. The number of hydrogen-bond donors (Lipinski definition) is 1. The molecule has 96 valence electrons. The Balaban J connectivity index is 2.50. The predicted octanol–water partition coefficient (Wildman–Crippen LogP) is 4.30. The summed E-state index contributed by atoms with van der Waals surface area (Å²) in [5, 5.41) is 3.49. The first-order chi connectivity index (χ1) is 8.17. The van der Waals surface area contributed by atoms with Gasteiger partial charge in [0.2, 0.25) is 0 Å². The molecule has 0 aliphatic heterocycles.